The Morgan fingerprint density at radius 1 is 1.38 bits per heavy atom. The van der Waals surface area contributed by atoms with Crippen LogP contribution in [0.2, 0.25) is 18.1 Å². The molecule has 0 spiro atoms. The van der Waals surface area contributed by atoms with Crippen molar-refractivity contribution in [3.05, 3.63) is 12.2 Å². The molecule has 0 radical (unpaired) electrons. The molecule has 2 aliphatic heterocycles. The van der Waals surface area contributed by atoms with Crippen LogP contribution in [0.15, 0.2) is 12.2 Å². The molecule has 2 fully saturated rings. The van der Waals surface area contributed by atoms with Crippen molar-refractivity contribution >= 4 is 20.2 Å². The summed E-state index contributed by atoms with van der Waals surface area (Å²) in [6.07, 6.45) is 3.07. The summed E-state index contributed by atoms with van der Waals surface area (Å²) in [6.45, 7) is 14.6. The first-order valence-corrected chi connectivity index (χ1v) is 12.3. The van der Waals surface area contributed by atoms with Crippen LogP contribution in [0.25, 0.3) is 0 Å². The molecular weight excluding hydrogens is 350 g/mol. The van der Waals surface area contributed by atoms with Gasteiger partial charge in [0, 0.05) is 12.0 Å². The van der Waals surface area contributed by atoms with Gasteiger partial charge in [0.15, 0.2) is 8.32 Å². The van der Waals surface area contributed by atoms with E-state index in [1.54, 1.807) is 12.2 Å². The third-order valence-corrected chi connectivity index (χ3v) is 11.1. The number of β-lactam (4-membered cyclic amide) rings is 1. The van der Waals surface area contributed by atoms with Crippen LogP contribution < -0.4 is 0 Å². The molecule has 0 bridgehead atoms. The van der Waals surface area contributed by atoms with E-state index < -0.39 is 20.3 Å². The fourth-order valence-electron chi connectivity index (χ4n) is 4.13. The minimum absolute atomic E-state index is 0.00654. The molecule has 148 valence electrons. The lowest BCUT2D eigenvalue weighted by atomic mass is 9.77. The van der Waals surface area contributed by atoms with Crippen LogP contribution >= 0.6 is 0 Å². The highest BCUT2D eigenvalue weighted by Gasteiger charge is 2.64. The van der Waals surface area contributed by atoms with Gasteiger partial charge >= 0.3 is 5.97 Å². The molecule has 2 unspecified atom stereocenters. The van der Waals surface area contributed by atoms with Gasteiger partial charge in [-0.15, -0.1) is 0 Å². The average molecular weight is 384 g/mol. The minimum atomic E-state index is -2.02. The maximum atomic E-state index is 12.8. The molecule has 2 N–H and O–H groups in total. The van der Waals surface area contributed by atoms with Crippen molar-refractivity contribution in [2.45, 2.75) is 70.9 Å². The Morgan fingerprint density at radius 2 is 1.96 bits per heavy atom. The number of carbonyl (C=O) groups is 2. The minimum Gasteiger partial charge on any atom is -0.480 e. The molecule has 26 heavy (non-hydrogen) atoms. The summed E-state index contributed by atoms with van der Waals surface area (Å²) in [5.74, 6) is -1.70. The van der Waals surface area contributed by atoms with E-state index in [2.05, 4.69) is 33.9 Å². The van der Waals surface area contributed by atoms with Crippen LogP contribution in [0.3, 0.4) is 0 Å². The Hall–Kier alpha value is -1.18. The zero-order chi connectivity index (χ0) is 20.0. The third-order valence-electron chi connectivity index (χ3n) is 6.55. The first-order valence-electron chi connectivity index (χ1n) is 9.35. The molecule has 6 atom stereocenters. The number of hydrogen-bond acceptors (Lipinski definition) is 4. The van der Waals surface area contributed by atoms with Crippen molar-refractivity contribution < 1.29 is 24.2 Å². The quantitative estimate of drug-likeness (QED) is 0.418. The number of amides is 1. The second-order valence-electron chi connectivity index (χ2n) is 9.18. The largest absolute Gasteiger partial charge is 0.480 e. The van der Waals surface area contributed by atoms with E-state index in [1.165, 1.54) is 4.90 Å². The maximum absolute atomic E-state index is 12.8. The normalized spacial score (nSPS) is 33.3. The summed E-state index contributed by atoms with van der Waals surface area (Å²) in [6, 6.07) is -0.988. The predicted octanol–water partition coefficient (Wildman–Crippen LogP) is 2.49. The van der Waals surface area contributed by atoms with Crippen LogP contribution in [0.1, 0.15) is 34.6 Å². The van der Waals surface area contributed by atoms with Gasteiger partial charge in [0.25, 0.3) is 0 Å². The number of fused-ring (bicyclic) bond motifs is 1. The molecule has 2 aliphatic rings. The van der Waals surface area contributed by atoms with Gasteiger partial charge in [-0.3, -0.25) is 4.79 Å². The highest BCUT2D eigenvalue weighted by Crippen LogP contribution is 2.49. The zero-order valence-electron chi connectivity index (χ0n) is 16.9. The maximum Gasteiger partial charge on any atom is 0.327 e. The molecule has 2 rings (SSSR count). The van der Waals surface area contributed by atoms with Crippen molar-refractivity contribution in [3.8, 4) is 0 Å². The van der Waals surface area contributed by atoms with Crippen LogP contribution in [-0.4, -0.2) is 60.1 Å². The Morgan fingerprint density at radius 3 is 2.42 bits per heavy atom. The number of carboxylic acids is 1. The number of aliphatic hydroxyl groups excluding tert-OH is 1. The first-order chi connectivity index (χ1) is 11.8. The van der Waals surface area contributed by atoms with Crippen LogP contribution in [0.5, 0.6) is 0 Å². The summed E-state index contributed by atoms with van der Waals surface area (Å²) in [5, 5.41) is 18.7. The molecule has 0 aliphatic carbocycles. The number of aliphatic hydroxyl groups is 1. The van der Waals surface area contributed by atoms with Crippen molar-refractivity contribution in [3.63, 3.8) is 0 Å². The van der Waals surface area contributed by atoms with E-state index in [4.69, 9.17) is 9.53 Å². The second-order valence-corrected chi connectivity index (χ2v) is 13.9. The smallest absolute Gasteiger partial charge is 0.327 e. The summed E-state index contributed by atoms with van der Waals surface area (Å²) >= 11 is 0. The van der Waals surface area contributed by atoms with Gasteiger partial charge in [0.1, 0.15) is 6.04 Å². The van der Waals surface area contributed by atoms with Crippen LogP contribution in [-0.2, 0) is 14.0 Å². The van der Waals surface area contributed by atoms with Gasteiger partial charge in [-0.05, 0) is 31.0 Å². The fraction of sp³-hybridized carbons (Fsp3) is 0.789. The number of carbonyl (C=O) groups excluding carboxylic acids is 1. The van der Waals surface area contributed by atoms with Gasteiger partial charge in [-0.25, -0.2) is 4.79 Å². The van der Waals surface area contributed by atoms with Crippen molar-refractivity contribution in [1.82, 2.24) is 4.90 Å². The van der Waals surface area contributed by atoms with Crippen molar-refractivity contribution in [2.24, 2.45) is 17.8 Å². The van der Waals surface area contributed by atoms with Crippen LogP contribution in [0, 0.1) is 17.8 Å². The third kappa shape index (κ3) is 3.36. The summed E-state index contributed by atoms with van der Waals surface area (Å²) in [7, 11) is -2.02. The molecule has 2 heterocycles. The number of aliphatic carboxylic acids is 1. The Balaban J connectivity index is 2.24. The van der Waals surface area contributed by atoms with Gasteiger partial charge in [0.2, 0.25) is 5.91 Å². The predicted molar refractivity (Wildman–Crippen MR) is 102 cm³/mol. The Labute approximate surface area is 157 Å². The lowest BCUT2D eigenvalue weighted by Gasteiger charge is -2.50. The lowest BCUT2D eigenvalue weighted by Crippen LogP contribution is -2.67. The van der Waals surface area contributed by atoms with Gasteiger partial charge in [-0.2, -0.15) is 0 Å². The highest BCUT2D eigenvalue weighted by molar-refractivity contribution is 6.74. The van der Waals surface area contributed by atoms with Crippen molar-refractivity contribution in [1.29, 1.82) is 0 Å². The fourth-order valence-corrected chi connectivity index (χ4v) is 5.56. The van der Waals surface area contributed by atoms with Gasteiger partial charge < -0.3 is 19.5 Å². The monoisotopic (exact) mass is 383 g/mol. The molecular formula is C19H33NO5Si. The average Bonchev–Trinajstić information content (AvgIpc) is 2.73. The van der Waals surface area contributed by atoms with E-state index in [1.807, 2.05) is 13.8 Å². The number of hydrogen-bond donors (Lipinski definition) is 2. The molecule has 0 saturated carbocycles. The molecule has 0 aromatic rings. The molecule has 0 aromatic carbocycles. The van der Waals surface area contributed by atoms with Crippen molar-refractivity contribution in [2.75, 3.05) is 6.61 Å². The molecule has 6 nitrogen and oxygen atoms in total. The van der Waals surface area contributed by atoms with Crippen LogP contribution in [0.4, 0.5) is 0 Å². The number of carboxylic acid groups (broad SMARTS) is 1. The summed E-state index contributed by atoms with van der Waals surface area (Å²) in [4.78, 5) is 26.1. The lowest BCUT2D eigenvalue weighted by molar-refractivity contribution is -0.170. The Bertz CT molecular complexity index is 597. The summed E-state index contributed by atoms with van der Waals surface area (Å²) in [5.41, 5.74) is 0. The molecule has 0 aromatic heterocycles. The molecule has 1 amide bonds. The SMILES string of the molecule is C[C@@H](O[Si](C)(C)C(C)(C)C)[C@H]1C(=O)N2C(C(=O)O)C(/C=C/CO)[C@H](C)[C@H]12. The summed E-state index contributed by atoms with van der Waals surface area (Å²) < 4.78 is 6.43. The highest BCUT2D eigenvalue weighted by atomic mass is 28.4. The topological polar surface area (TPSA) is 87.1 Å². The van der Waals surface area contributed by atoms with E-state index in [0.29, 0.717) is 0 Å². The van der Waals surface area contributed by atoms with Gasteiger partial charge in [-0.1, -0.05) is 39.8 Å². The molecule has 7 heteroatoms. The van der Waals surface area contributed by atoms with E-state index in [-0.39, 0.29) is 47.5 Å². The van der Waals surface area contributed by atoms with Gasteiger partial charge in [0.05, 0.1) is 18.6 Å². The zero-order valence-corrected chi connectivity index (χ0v) is 17.9. The molecule has 2 saturated heterocycles. The number of nitrogens with zero attached hydrogens (tertiary/aromatic N) is 1. The first kappa shape index (κ1) is 21.1. The second kappa shape index (κ2) is 7.09. The van der Waals surface area contributed by atoms with E-state index in [0.717, 1.165) is 0 Å². The Kier molecular flexibility index (Phi) is 5.76. The standard InChI is InChI=1S/C19H33NO5Si/c1-11-13(9-8-10-21)16(18(23)24)20-15(11)14(17(20)22)12(2)25-26(6,7)19(3,4)5/h8-9,11-16,21H,10H2,1-7H3,(H,23,24)/b9-8+/t11-,12+,13?,14+,15+,16?/m0/s1. The van der Waals surface area contributed by atoms with E-state index in [9.17, 15) is 14.7 Å². The van der Waals surface area contributed by atoms with E-state index >= 15 is 0 Å². The number of rotatable bonds is 6.